The number of carbonyl (C=O) groups excluding carboxylic acids is 1. The second kappa shape index (κ2) is 6.22. The maximum Gasteiger partial charge on any atom is 0.341 e. The van der Waals surface area contributed by atoms with E-state index in [0.717, 1.165) is 11.1 Å². The first kappa shape index (κ1) is 15.8. The summed E-state index contributed by atoms with van der Waals surface area (Å²) in [5, 5.41) is 8.89. The van der Waals surface area contributed by atoms with Crippen LogP contribution in [0.4, 0.5) is 0 Å². The molecule has 2 aromatic carbocycles. The first-order valence-electron chi connectivity index (χ1n) is 6.93. The van der Waals surface area contributed by atoms with Crippen molar-refractivity contribution in [3.63, 3.8) is 0 Å². The zero-order valence-corrected chi connectivity index (χ0v) is 13.4. The molecule has 0 aromatic heterocycles. The van der Waals surface area contributed by atoms with E-state index in [1.807, 2.05) is 30.3 Å². The van der Waals surface area contributed by atoms with Gasteiger partial charge in [-0.15, -0.1) is 0 Å². The third kappa shape index (κ3) is 2.92. The van der Waals surface area contributed by atoms with Crippen LogP contribution in [0.5, 0.6) is 5.75 Å². The lowest BCUT2D eigenvalue weighted by atomic mass is 9.95. The summed E-state index contributed by atoms with van der Waals surface area (Å²) in [5.74, 6) is -1.33. The van der Waals surface area contributed by atoms with Gasteiger partial charge < -0.3 is 9.84 Å². The van der Waals surface area contributed by atoms with Gasteiger partial charge in [0.2, 0.25) is 0 Å². The second-order valence-electron chi connectivity index (χ2n) is 5.25. The van der Waals surface area contributed by atoms with Crippen molar-refractivity contribution in [1.82, 2.24) is 0 Å². The van der Waals surface area contributed by atoms with Crippen molar-refractivity contribution >= 4 is 35.0 Å². The van der Waals surface area contributed by atoms with Crippen LogP contribution in [0.1, 0.15) is 27.4 Å². The summed E-state index contributed by atoms with van der Waals surface area (Å²) < 4.78 is 5.15. The molecule has 23 heavy (non-hydrogen) atoms. The molecule has 1 N–H and O–H groups in total. The second-order valence-corrected chi connectivity index (χ2v) is 6.01. The summed E-state index contributed by atoms with van der Waals surface area (Å²) in [6.45, 7) is -0.523. The van der Waals surface area contributed by atoms with E-state index in [1.165, 1.54) is 0 Å². The van der Waals surface area contributed by atoms with Crippen molar-refractivity contribution in [3.8, 4) is 5.75 Å². The fourth-order valence-electron chi connectivity index (χ4n) is 2.77. The minimum absolute atomic E-state index is 0.0636. The maximum atomic E-state index is 12.7. The van der Waals surface area contributed by atoms with E-state index in [9.17, 15) is 9.59 Å². The molecule has 1 unspecified atom stereocenters. The maximum absolute atomic E-state index is 12.7. The van der Waals surface area contributed by atoms with Crippen LogP contribution in [0.25, 0.3) is 0 Å². The van der Waals surface area contributed by atoms with Crippen LogP contribution in [0, 0.1) is 0 Å². The Bertz CT molecular complexity index is 787. The number of hydrogen-bond acceptors (Lipinski definition) is 3. The molecular weight excluding hydrogens is 339 g/mol. The molecule has 0 amide bonds. The highest BCUT2D eigenvalue weighted by molar-refractivity contribution is 6.45. The Labute approximate surface area is 142 Å². The van der Waals surface area contributed by atoms with Crippen LogP contribution in [0.3, 0.4) is 0 Å². The smallest absolute Gasteiger partial charge is 0.341 e. The Hall–Kier alpha value is -2.04. The van der Waals surface area contributed by atoms with Gasteiger partial charge in [-0.2, -0.15) is 0 Å². The van der Waals surface area contributed by atoms with Crippen LogP contribution in [0.15, 0.2) is 36.4 Å². The standard InChI is InChI=1S/C17H12Cl2O4/c18-15-12(23-8-13(20)21)7-10-6-11(9-4-2-1-3-5-9)17(22)14(10)16(15)19/h1-5,7,11H,6,8H2,(H,20,21). The molecule has 0 radical (unpaired) electrons. The number of carboxylic acids is 1. The summed E-state index contributed by atoms with van der Waals surface area (Å²) in [6, 6.07) is 11.0. The Morgan fingerprint density at radius 1 is 1.22 bits per heavy atom. The Morgan fingerprint density at radius 3 is 2.57 bits per heavy atom. The molecule has 3 rings (SSSR count). The van der Waals surface area contributed by atoms with Gasteiger partial charge in [-0.05, 0) is 23.6 Å². The predicted octanol–water partition coefficient (Wildman–Crippen LogP) is 3.98. The highest BCUT2D eigenvalue weighted by Gasteiger charge is 2.35. The highest BCUT2D eigenvalue weighted by Crippen LogP contribution is 2.44. The third-order valence-corrected chi connectivity index (χ3v) is 4.64. The molecule has 0 heterocycles. The minimum Gasteiger partial charge on any atom is -0.480 e. The van der Waals surface area contributed by atoms with Gasteiger partial charge in [-0.1, -0.05) is 53.5 Å². The lowest BCUT2D eigenvalue weighted by molar-refractivity contribution is -0.139. The largest absolute Gasteiger partial charge is 0.480 e. The molecule has 2 aromatic rings. The van der Waals surface area contributed by atoms with Crippen LogP contribution < -0.4 is 4.74 Å². The number of hydrogen-bond donors (Lipinski definition) is 1. The van der Waals surface area contributed by atoms with Gasteiger partial charge in [0, 0.05) is 5.56 Å². The molecule has 1 aliphatic carbocycles. The number of aliphatic carboxylic acids is 1. The fourth-order valence-corrected chi connectivity index (χ4v) is 3.28. The van der Waals surface area contributed by atoms with Gasteiger partial charge in [0.1, 0.15) is 10.8 Å². The molecular formula is C17H12Cl2O4. The average Bonchev–Trinajstić information content (AvgIpc) is 2.87. The zero-order valence-electron chi connectivity index (χ0n) is 11.9. The van der Waals surface area contributed by atoms with Gasteiger partial charge in [0.05, 0.1) is 10.9 Å². The van der Waals surface area contributed by atoms with Gasteiger partial charge in [-0.3, -0.25) is 4.79 Å². The number of benzene rings is 2. The number of Topliss-reactive ketones (excluding diaryl/α,β-unsaturated/α-hetero) is 1. The van der Waals surface area contributed by atoms with Crippen molar-refractivity contribution in [2.75, 3.05) is 6.61 Å². The van der Waals surface area contributed by atoms with Gasteiger partial charge in [0.25, 0.3) is 0 Å². The van der Waals surface area contributed by atoms with E-state index in [-0.39, 0.29) is 27.5 Å². The van der Waals surface area contributed by atoms with Gasteiger partial charge >= 0.3 is 5.97 Å². The van der Waals surface area contributed by atoms with Crippen LogP contribution in [-0.2, 0) is 11.2 Å². The molecule has 6 heteroatoms. The number of ketones is 1. The van der Waals surface area contributed by atoms with Gasteiger partial charge in [0.15, 0.2) is 12.4 Å². The summed E-state index contributed by atoms with van der Waals surface area (Å²) in [5.41, 5.74) is 2.03. The number of ether oxygens (including phenoxy) is 1. The zero-order chi connectivity index (χ0) is 16.6. The molecule has 4 nitrogen and oxygen atoms in total. The van der Waals surface area contributed by atoms with Gasteiger partial charge in [-0.25, -0.2) is 4.79 Å². The molecule has 1 atom stereocenters. The minimum atomic E-state index is -1.11. The molecule has 118 valence electrons. The number of carboxylic acid groups (broad SMARTS) is 1. The van der Waals surface area contributed by atoms with Crippen LogP contribution in [-0.4, -0.2) is 23.5 Å². The van der Waals surface area contributed by atoms with E-state index in [0.29, 0.717) is 12.0 Å². The lowest BCUT2D eigenvalue weighted by Gasteiger charge is -2.10. The van der Waals surface area contributed by atoms with E-state index in [4.69, 9.17) is 33.0 Å². The van der Waals surface area contributed by atoms with Crippen molar-refractivity contribution < 1.29 is 19.4 Å². The molecule has 1 aliphatic rings. The molecule has 0 saturated carbocycles. The quantitative estimate of drug-likeness (QED) is 0.905. The summed E-state index contributed by atoms with van der Waals surface area (Å²) in [7, 11) is 0. The first-order valence-corrected chi connectivity index (χ1v) is 7.69. The number of rotatable bonds is 4. The molecule has 0 saturated heterocycles. The SMILES string of the molecule is O=C(O)COc1cc2c(c(Cl)c1Cl)C(=O)C(c1ccccc1)C2. The molecule has 0 bridgehead atoms. The van der Waals surface area contributed by atoms with Crippen molar-refractivity contribution in [2.24, 2.45) is 0 Å². The van der Waals surface area contributed by atoms with Crippen molar-refractivity contribution in [3.05, 3.63) is 63.1 Å². The van der Waals surface area contributed by atoms with E-state index in [1.54, 1.807) is 6.07 Å². The summed E-state index contributed by atoms with van der Waals surface area (Å²) in [4.78, 5) is 23.3. The molecule has 0 aliphatic heterocycles. The third-order valence-electron chi connectivity index (χ3n) is 3.79. The van der Waals surface area contributed by atoms with Crippen LogP contribution >= 0.6 is 23.2 Å². The Morgan fingerprint density at radius 2 is 1.91 bits per heavy atom. The number of carbonyl (C=O) groups is 2. The van der Waals surface area contributed by atoms with Crippen molar-refractivity contribution in [1.29, 1.82) is 0 Å². The van der Waals surface area contributed by atoms with Crippen molar-refractivity contribution in [2.45, 2.75) is 12.3 Å². The normalized spacial score (nSPS) is 16.3. The lowest BCUT2D eigenvalue weighted by Crippen LogP contribution is -2.10. The Balaban J connectivity index is 1.98. The summed E-state index contributed by atoms with van der Waals surface area (Å²) in [6.07, 6.45) is 0.485. The van der Waals surface area contributed by atoms with Crippen LogP contribution in [0.2, 0.25) is 10.0 Å². The topological polar surface area (TPSA) is 63.6 Å². The summed E-state index contributed by atoms with van der Waals surface area (Å²) >= 11 is 12.3. The monoisotopic (exact) mass is 350 g/mol. The van der Waals surface area contributed by atoms with E-state index < -0.39 is 12.6 Å². The number of halogens is 2. The average molecular weight is 351 g/mol. The fraction of sp³-hybridized carbons (Fsp3) is 0.176. The highest BCUT2D eigenvalue weighted by atomic mass is 35.5. The van der Waals surface area contributed by atoms with E-state index in [2.05, 4.69) is 0 Å². The Kier molecular flexibility index (Phi) is 4.28. The first-order chi connectivity index (χ1) is 11.0. The van der Waals surface area contributed by atoms with E-state index >= 15 is 0 Å². The predicted molar refractivity (Wildman–Crippen MR) is 86.8 cm³/mol. The number of fused-ring (bicyclic) bond motifs is 1. The molecule has 0 fully saturated rings. The molecule has 0 spiro atoms.